The quantitative estimate of drug-likeness (QED) is 0.300. The number of hydrogen-bond donors (Lipinski definition) is 1. The molecule has 9 heteroatoms. The molecule has 4 rings (SSSR count). The number of para-hydroxylation sites is 2. The Morgan fingerprint density at radius 3 is 2.22 bits per heavy atom. The van der Waals surface area contributed by atoms with E-state index in [4.69, 9.17) is 4.74 Å². The molecular weight excluding hydrogens is 499 g/mol. The summed E-state index contributed by atoms with van der Waals surface area (Å²) in [7, 11) is -2.81. The summed E-state index contributed by atoms with van der Waals surface area (Å²) in [5.74, 6) is -0.907. The second-order valence-corrected chi connectivity index (χ2v) is 10.6. The van der Waals surface area contributed by atoms with Gasteiger partial charge in [-0.2, -0.15) is 0 Å². The number of amides is 1. The summed E-state index contributed by atoms with van der Waals surface area (Å²) in [5.41, 5.74) is 0.294. The molecule has 6 nitrogen and oxygen atoms in total. The van der Waals surface area contributed by atoms with Crippen molar-refractivity contribution in [3.63, 3.8) is 0 Å². The molecule has 0 aliphatic carbocycles. The first-order valence-electron chi connectivity index (χ1n) is 10.9. The van der Waals surface area contributed by atoms with Gasteiger partial charge in [0.05, 0.1) is 23.4 Å². The molecule has 4 aromatic carbocycles. The molecule has 0 bridgehead atoms. The summed E-state index contributed by atoms with van der Waals surface area (Å²) in [6, 6.07) is 28.0. The van der Waals surface area contributed by atoms with Crippen LogP contribution in [0.1, 0.15) is 0 Å². The zero-order valence-corrected chi connectivity index (χ0v) is 20.9. The standard InChI is InChI=1S/C27H23FN2O4S2/c1-34-20-15-17-22(18-16-20)36(32,33)30(25-13-7-5-11-23(25)28)19-27(31)29-24-12-6-8-14-26(24)35-21-9-3-2-4-10-21/h2-18H,19H2,1H3,(H,29,31). The number of anilines is 2. The summed E-state index contributed by atoms with van der Waals surface area (Å²) in [6.45, 7) is -0.625. The lowest BCUT2D eigenvalue weighted by atomic mass is 10.3. The average molecular weight is 523 g/mol. The molecule has 0 aliphatic rings. The van der Waals surface area contributed by atoms with Gasteiger partial charge < -0.3 is 10.1 Å². The predicted molar refractivity (Wildman–Crippen MR) is 140 cm³/mol. The van der Waals surface area contributed by atoms with Gasteiger partial charge in [-0.25, -0.2) is 12.8 Å². The fourth-order valence-corrected chi connectivity index (χ4v) is 5.77. The number of carbonyl (C=O) groups is 1. The van der Waals surface area contributed by atoms with Gasteiger partial charge in [-0.1, -0.05) is 54.2 Å². The Bertz CT molecular complexity index is 1450. The Hall–Kier alpha value is -3.82. The number of rotatable bonds is 9. The van der Waals surface area contributed by atoms with Gasteiger partial charge in [-0.3, -0.25) is 9.10 Å². The first-order chi connectivity index (χ1) is 17.4. The molecule has 1 N–H and O–H groups in total. The van der Waals surface area contributed by atoms with Crippen molar-refractivity contribution in [3.05, 3.63) is 109 Å². The highest BCUT2D eigenvalue weighted by atomic mass is 32.2. The van der Waals surface area contributed by atoms with Gasteiger partial charge >= 0.3 is 0 Å². The van der Waals surface area contributed by atoms with E-state index in [1.807, 2.05) is 42.5 Å². The van der Waals surface area contributed by atoms with Crippen LogP contribution in [0.15, 0.2) is 118 Å². The predicted octanol–water partition coefficient (Wildman–Crippen LogP) is 5.82. The van der Waals surface area contributed by atoms with E-state index < -0.39 is 28.3 Å². The summed E-state index contributed by atoms with van der Waals surface area (Å²) in [6.07, 6.45) is 0. The van der Waals surface area contributed by atoms with E-state index in [-0.39, 0.29) is 10.6 Å². The first kappa shape index (κ1) is 25.3. The average Bonchev–Trinajstić information content (AvgIpc) is 2.89. The van der Waals surface area contributed by atoms with Gasteiger partial charge in [0.1, 0.15) is 18.1 Å². The molecule has 0 aliphatic heterocycles. The summed E-state index contributed by atoms with van der Waals surface area (Å²) >= 11 is 1.46. The third kappa shape index (κ3) is 5.87. The number of nitrogens with zero attached hydrogens (tertiary/aromatic N) is 1. The first-order valence-corrected chi connectivity index (χ1v) is 13.2. The van der Waals surface area contributed by atoms with Crippen LogP contribution < -0.4 is 14.4 Å². The molecule has 0 fully saturated rings. The lowest BCUT2D eigenvalue weighted by Gasteiger charge is -2.24. The van der Waals surface area contributed by atoms with Crippen LogP contribution in [0.3, 0.4) is 0 Å². The molecule has 0 heterocycles. The van der Waals surface area contributed by atoms with E-state index >= 15 is 0 Å². The highest BCUT2D eigenvalue weighted by molar-refractivity contribution is 7.99. The maximum absolute atomic E-state index is 14.7. The molecule has 1 amide bonds. The van der Waals surface area contributed by atoms with Gasteiger partial charge in [0, 0.05) is 9.79 Å². The van der Waals surface area contributed by atoms with Gasteiger partial charge in [0.15, 0.2) is 0 Å². The maximum atomic E-state index is 14.7. The van der Waals surface area contributed by atoms with Crippen LogP contribution in [-0.4, -0.2) is 28.0 Å². The number of methoxy groups -OCH3 is 1. The summed E-state index contributed by atoms with van der Waals surface area (Å²) in [5, 5.41) is 2.78. The van der Waals surface area contributed by atoms with E-state index in [0.717, 1.165) is 20.2 Å². The van der Waals surface area contributed by atoms with Crippen molar-refractivity contribution in [1.29, 1.82) is 0 Å². The SMILES string of the molecule is COc1ccc(S(=O)(=O)N(CC(=O)Nc2ccccc2Sc2ccccc2)c2ccccc2F)cc1. The lowest BCUT2D eigenvalue weighted by molar-refractivity contribution is -0.114. The second-order valence-electron chi connectivity index (χ2n) is 7.60. The fourth-order valence-electron chi connectivity index (χ4n) is 3.42. The molecule has 0 radical (unpaired) electrons. The molecule has 4 aromatic rings. The van der Waals surface area contributed by atoms with Crippen LogP contribution in [0, 0.1) is 5.82 Å². The van der Waals surface area contributed by atoms with Crippen molar-refractivity contribution < 1.29 is 22.3 Å². The van der Waals surface area contributed by atoms with E-state index in [1.165, 1.54) is 61.3 Å². The lowest BCUT2D eigenvalue weighted by Crippen LogP contribution is -2.38. The van der Waals surface area contributed by atoms with Crippen molar-refractivity contribution in [2.24, 2.45) is 0 Å². The Kier molecular flexibility index (Phi) is 7.92. The van der Waals surface area contributed by atoms with E-state index in [1.54, 1.807) is 12.1 Å². The van der Waals surface area contributed by atoms with Gasteiger partial charge in [0.25, 0.3) is 10.0 Å². The van der Waals surface area contributed by atoms with Gasteiger partial charge in [0.2, 0.25) is 5.91 Å². The van der Waals surface area contributed by atoms with E-state index in [0.29, 0.717) is 11.4 Å². The van der Waals surface area contributed by atoms with Crippen LogP contribution in [0.25, 0.3) is 0 Å². The molecule has 184 valence electrons. The summed E-state index contributed by atoms with van der Waals surface area (Å²) in [4.78, 5) is 14.8. The highest BCUT2D eigenvalue weighted by Gasteiger charge is 2.29. The molecule has 0 atom stereocenters. The topological polar surface area (TPSA) is 75.7 Å². The van der Waals surface area contributed by atoms with Crippen molar-refractivity contribution in [2.75, 3.05) is 23.3 Å². The molecule has 0 unspecified atom stereocenters. The van der Waals surface area contributed by atoms with Crippen molar-refractivity contribution in [1.82, 2.24) is 0 Å². The molecular formula is C27H23FN2O4S2. The zero-order valence-electron chi connectivity index (χ0n) is 19.3. The van der Waals surface area contributed by atoms with Crippen LogP contribution in [0.4, 0.5) is 15.8 Å². The Morgan fingerprint density at radius 2 is 1.53 bits per heavy atom. The third-order valence-electron chi connectivity index (χ3n) is 5.19. The molecule has 0 saturated carbocycles. The monoisotopic (exact) mass is 522 g/mol. The minimum Gasteiger partial charge on any atom is -0.497 e. The Balaban J connectivity index is 1.63. The number of nitrogens with one attached hydrogen (secondary N) is 1. The molecule has 36 heavy (non-hydrogen) atoms. The highest BCUT2D eigenvalue weighted by Crippen LogP contribution is 2.33. The van der Waals surface area contributed by atoms with Gasteiger partial charge in [-0.15, -0.1) is 0 Å². The minimum absolute atomic E-state index is 0.0978. The van der Waals surface area contributed by atoms with E-state index in [9.17, 15) is 17.6 Å². The largest absolute Gasteiger partial charge is 0.497 e. The summed E-state index contributed by atoms with van der Waals surface area (Å²) < 4.78 is 47.6. The maximum Gasteiger partial charge on any atom is 0.264 e. The minimum atomic E-state index is -4.28. The Labute approximate surface area is 213 Å². The number of benzene rings is 4. The molecule has 0 spiro atoms. The van der Waals surface area contributed by atoms with E-state index in [2.05, 4.69) is 5.32 Å². The van der Waals surface area contributed by atoms with Crippen LogP contribution in [-0.2, 0) is 14.8 Å². The van der Waals surface area contributed by atoms with Crippen molar-refractivity contribution >= 4 is 39.1 Å². The number of hydrogen-bond acceptors (Lipinski definition) is 5. The second kappa shape index (κ2) is 11.3. The zero-order chi connectivity index (χ0) is 25.5. The smallest absolute Gasteiger partial charge is 0.264 e. The fraction of sp³-hybridized carbons (Fsp3) is 0.0741. The third-order valence-corrected chi connectivity index (χ3v) is 8.05. The molecule has 0 saturated heterocycles. The van der Waals surface area contributed by atoms with Crippen molar-refractivity contribution in [3.8, 4) is 5.75 Å². The number of carbonyl (C=O) groups excluding carboxylic acids is 1. The van der Waals surface area contributed by atoms with Crippen LogP contribution in [0.2, 0.25) is 0 Å². The number of halogens is 1. The normalized spacial score (nSPS) is 11.1. The van der Waals surface area contributed by atoms with Crippen molar-refractivity contribution in [2.45, 2.75) is 14.7 Å². The van der Waals surface area contributed by atoms with Crippen LogP contribution >= 0.6 is 11.8 Å². The van der Waals surface area contributed by atoms with Gasteiger partial charge in [-0.05, 0) is 60.7 Å². The van der Waals surface area contributed by atoms with Crippen LogP contribution in [0.5, 0.6) is 5.75 Å². The molecule has 0 aromatic heterocycles. The number of sulfonamides is 1. The Morgan fingerprint density at radius 1 is 0.889 bits per heavy atom. The number of ether oxygens (including phenoxy) is 1.